The molecular weight excluding hydrogens is 410 g/mol. The summed E-state index contributed by atoms with van der Waals surface area (Å²) < 4.78 is 17.3. The maximum absolute atomic E-state index is 13.1. The second-order valence-corrected chi connectivity index (χ2v) is 8.83. The number of hydrogen-bond donors (Lipinski definition) is 0. The second-order valence-electron chi connectivity index (χ2n) is 7.88. The highest BCUT2D eigenvalue weighted by Gasteiger charge is 2.33. The predicted molar refractivity (Wildman–Crippen MR) is 121 cm³/mol. The summed E-state index contributed by atoms with van der Waals surface area (Å²) in [7, 11) is 1.67. The molecule has 0 spiro atoms. The number of methoxy groups -OCH3 is 1. The van der Waals surface area contributed by atoms with E-state index in [2.05, 4.69) is 17.0 Å². The summed E-state index contributed by atoms with van der Waals surface area (Å²) in [6, 6.07) is 12.0. The summed E-state index contributed by atoms with van der Waals surface area (Å²) in [6.07, 6.45) is 1.84. The van der Waals surface area contributed by atoms with Gasteiger partial charge in [0.2, 0.25) is 5.78 Å². The van der Waals surface area contributed by atoms with Gasteiger partial charge < -0.3 is 14.2 Å². The number of rotatable bonds is 4. The first-order valence-corrected chi connectivity index (χ1v) is 11.0. The fourth-order valence-electron chi connectivity index (χ4n) is 4.04. The Hall–Kier alpha value is -3.09. The fraction of sp³-hybridized carbons (Fsp3) is 0.240. The first-order chi connectivity index (χ1) is 15.0. The van der Waals surface area contributed by atoms with E-state index in [0.717, 1.165) is 39.6 Å². The average Bonchev–Trinajstić information content (AvgIpc) is 3.32. The van der Waals surface area contributed by atoms with E-state index in [1.807, 2.05) is 49.6 Å². The minimum atomic E-state index is -0.0685. The summed E-state index contributed by atoms with van der Waals surface area (Å²) in [5.74, 6) is 2.59. The van der Waals surface area contributed by atoms with E-state index in [1.54, 1.807) is 18.4 Å². The van der Waals surface area contributed by atoms with E-state index in [9.17, 15) is 4.79 Å². The summed E-state index contributed by atoms with van der Waals surface area (Å²) in [6.45, 7) is 5.95. The van der Waals surface area contributed by atoms with Crippen molar-refractivity contribution in [3.05, 3.63) is 80.2 Å². The molecule has 0 fully saturated rings. The minimum absolute atomic E-state index is 0.0685. The van der Waals surface area contributed by atoms with Crippen LogP contribution < -0.4 is 14.2 Å². The van der Waals surface area contributed by atoms with Crippen molar-refractivity contribution >= 4 is 23.2 Å². The number of nitrogens with zero attached hydrogens (tertiary/aromatic N) is 1. The molecule has 3 heterocycles. The Morgan fingerprint density at radius 1 is 1.16 bits per heavy atom. The number of benzene rings is 2. The highest BCUT2D eigenvalue weighted by molar-refractivity contribution is 7.11. The summed E-state index contributed by atoms with van der Waals surface area (Å²) in [4.78, 5) is 16.3. The molecule has 0 aliphatic carbocycles. The zero-order valence-corrected chi connectivity index (χ0v) is 18.5. The average molecular weight is 434 g/mol. The number of hydrogen-bond acceptors (Lipinski definition) is 6. The lowest BCUT2D eigenvalue weighted by Crippen LogP contribution is -2.32. The Morgan fingerprint density at radius 3 is 2.68 bits per heavy atom. The van der Waals surface area contributed by atoms with Crippen molar-refractivity contribution in [2.45, 2.75) is 26.9 Å². The van der Waals surface area contributed by atoms with Crippen LogP contribution in [0.15, 0.2) is 47.5 Å². The smallest absolute Gasteiger partial charge is 0.232 e. The molecule has 0 atom stereocenters. The van der Waals surface area contributed by atoms with E-state index >= 15 is 0 Å². The van der Waals surface area contributed by atoms with E-state index in [1.165, 1.54) is 5.56 Å². The van der Waals surface area contributed by atoms with Gasteiger partial charge in [0.1, 0.15) is 24.0 Å². The Balaban J connectivity index is 1.40. The molecule has 158 valence electrons. The van der Waals surface area contributed by atoms with E-state index in [4.69, 9.17) is 14.2 Å². The molecule has 5 rings (SSSR count). The van der Waals surface area contributed by atoms with Crippen LogP contribution in [-0.2, 0) is 13.1 Å². The SMILES string of the molecule is COc1ccc(CN2COc3c(cc4c(c3C)O/C(=C\c3sccc3C)C4=O)C2)cc1. The lowest BCUT2D eigenvalue weighted by Gasteiger charge is -2.30. The number of ether oxygens (including phenoxy) is 3. The number of carbonyl (C=O) groups is 1. The number of carbonyl (C=O) groups excluding carboxylic acids is 1. The third-order valence-corrected chi connectivity index (χ3v) is 6.70. The Bertz CT molecular complexity index is 1190. The standard InChI is InChI=1S/C25H23NO4S/c1-15-8-9-31-22(15)11-21-23(27)20-10-18-13-26(12-17-4-6-19(28-3)7-5-17)14-29-24(18)16(2)25(20)30-21/h4-11H,12-14H2,1-3H3/b21-11-. The van der Waals surface area contributed by atoms with Gasteiger partial charge in [-0.15, -0.1) is 11.3 Å². The van der Waals surface area contributed by atoms with Crippen molar-refractivity contribution in [1.29, 1.82) is 0 Å². The van der Waals surface area contributed by atoms with Gasteiger partial charge >= 0.3 is 0 Å². The van der Waals surface area contributed by atoms with Crippen molar-refractivity contribution in [2.24, 2.45) is 0 Å². The Kier molecular flexibility index (Phi) is 5.04. The number of Topliss-reactive ketones (excluding diaryl/α,β-unsaturated/α-hetero) is 1. The van der Waals surface area contributed by atoms with E-state index in [0.29, 0.717) is 30.3 Å². The van der Waals surface area contributed by atoms with Crippen molar-refractivity contribution in [2.75, 3.05) is 13.8 Å². The van der Waals surface area contributed by atoms with Crippen LogP contribution in [0.2, 0.25) is 0 Å². The summed E-state index contributed by atoms with van der Waals surface area (Å²) in [5.41, 5.74) is 4.84. The lowest BCUT2D eigenvalue weighted by molar-refractivity contribution is 0.0876. The molecular formula is C25H23NO4S. The fourth-order valence-corrected chi connectivity index (χ4v) is 4.89. The normalized spacial score (nSPS) is 16.6. The van der Waals surface area contributed by atoms with Crippen molar-refractivity contribution < 1.29 is 19.0 Å². The van der Waals surface area contributed by atoms with Crippen molar-refractivity contribution in [3.63, 3.8) is 0 Å². The lowest BCUT2D eigenvalue weighted by atomic mass is 10.00. The number of ketones is 1. The number of allylic oxidation sites excluding steroid dienone is 1. The van der Waals surface area contributed by atoms with Gasteiger partial charge in [-0.1, -0.05) is 12.1 Å². The van der Waals surface area contributed by atoms with Crippen LogP contribution in [0.5, 0.6) is 17.2 Å². The molecule has 6 heteroatoms. The monoisotopic (exact) mass is 433 g/mol. The highest BCUT2D eigenvalue weighted by atomic mass is 32.1. The molecule has 2 aliphatic rings. The van der Waals surface area contributed by atoms with Gasteiger partial charge in [0, 0.05) is 35.2 Å². The topological polar surface area (TPSA) is 48.0 Å². The van der Waals surface area contributed by atoms with E-state index in [-0.39, 0.29) is 5.78 Å². The predicted octanol–water partition coefficient (Wildman–Crippen LogP) is 5.34. The van der Waals surface area contributed by atoms with Gasteiger partial charge in [0.15, 0.2) is 5.76 Å². The zero-order valence-electron chi connectivity index (χ0n) is 17.7. The quantitative estimate of drug-likeness (QED) is 0.520. The number of thiophene rings is 1. The van der Waals surface area contributed by atoms with Crippen molar-refractivity contribution in [1.82, 2.24) is 4.90 Å². The van der Waals surface area contributed by atoms with Crippen LogP contribution in [0.4, 0.5) is 0 Å². The molecule has 0 saturated carbocycles. The molecule has 0 N–H and O–H groups in total. The largest absolute Gasteiger partial charge is 0.497 e. The van der Waals surface area contributed by atoms with Gasteiger partial charge in [-0.25, -0.2) is 0 Å². The van der Waals surface area contributed by atoms with Crippen LogP contribution in [0.1, 0.15) is 37.5 Å². The van der Waals surface area contributed by atoms with Gasteiger partial charge in [0.25, 0.3) is 0 Å². The highest BCUT2D eigenvalue weighted by Crippen LogP contribution is 2.43. The molecule has 2 aliphatic heterocycles. The Labute approximate surface area is 185 Å². The van der Waals surface area contributed by atoms with Gasteiger partial charge in [-0.2, -0.15) is 0 Å². The summed E-state index contributed by atoms with van der Waals surface area (Å²) >= 11 is 1.60. The molecule has 2 aromatic carbocycles. The van der Waals surface area contributed by atoms with Crippen LogP contribution >= 0.6 is 11.3 Å². The third kappa shape index (κ3) is 3.62. The van der Waals surface area contributed by atoms with Crippen LogP contribution in [0, 0.1) is 13.8 Å². The number of fused-ring (bicyclic) bond motifs is 2. The molecule has 0 amide bonds. The molecule has 3 aromatic rings. The molecule has 5 nitrogen and oxygen atoms in total. The van der Waals surface area contributed by atoms with Gasteiger partial charge in [-0.05, 0) is 54.6 Å². The first-order valence-electron chi connectivity index (χ1n) is 10.2. The minimum Gasteiger partial charge on any atom is -0.497 e. The Morgan fingerprint density at radius 2 is 1.97 bits per heavy atom. The summed E-state index contributed by atoms with van der Waals surface area (Å²) in [5, 5.41) is 2.02. The first kappa shape index (κ1) is 19.8. The van der Waals surface area contributed by atoms with Crippen molar-refractivity contribution in [3.8, 4) is 17.2 Å². The molecule has 0 radical (unpaired) electrons. The van der Waals surface area contributed by atoms with Crippen LogP contribution in [0.25, 0.3) is 6.08 Å². The molecule has 31 heavy (non-hydrogen) atoms. The molecule has 0 saturated heterocycles. The molecule has 1 aromatic heterocycles. The third-order valence-electron chi connectivity index (χ3n) is 5.73. The zero-order chi connectivity index (χ0) is 21.5. The molecule has 0 unspecified atom stereocenters. The molecule has 0 bridgehead atoms. The van der Waals surface area contributed by atoms with Gasteiger partial charge in [-0.3, -0.25) is 9.69 Å². The second kappa shape index (κ2) is 7.87. The maximum atomic E-state index is 13.1. The van der Waals surface area contributed by atoms with Crippen LogP contribution in [-0.4, -0.2) is 24.5 Å². The number of aryl methyl sites for hydroxylation is 1. The van der Waals surface area contributed by atoms with Crippen LogP contribution in [0.3, 0.4) is 0 Å². The van der Waals surface area contributed by atoms with Gasteiger partial charge in [0.05, 0.1) is 12.7 Å². The van der Waals surface area contributed by atoms with E-state index < -0.39 is 0 Å². The maximum Gasteiger partial charge on any atom is 0.232 e.